The molecule has 178 valence electrons. The maximum Gasteiger partial charge on any atom is 0.291 e. The molecule has 1 atom stereocenters. The lowest BCUT2D eigenvalue weighted by atomic mass is 10.0. The molecule has 2 aromatic carbocycles. The normalized spacial score (nSPS) is 18.3. The van der Waals surface area contributed by atoms with E-state index in [0.29, 0.717) is 29.2 Å². The van der Waals surface area contributed by atoms with Gasteiger partial charge in [-0.05, 0) is 23.8 Å². The number of carbonyl (C=O) groups is 2. The number of carbonyl (C=O) groups excluding carboxylic acids is 2. The van der Waals surface area contributed by atoms with Crippen LogP contribution in [0.4, 0.5) is 5.69 Å². The number of fused-ring (bicyclic) bond motifs is 1. The molecular weight excluding hydrogens is 450 g/mol. The number of hydrogen-bond acceptors (Lipinski definition) is 7. The topological polar surface area (TPSA) is 130 Å². The fourth-order valence-corrected chi connectivity index (χ4v) is 3.73. The van der Waals surface area contributed by atoms with Crippen molar-refractivity contribution in [3.63, 3.8) is 0 Å². The lowest BCUT2D eigenvalue weighted by molar-refractivity contribution is -0.140. The van der Waals surface area contributed by atoms with Gasteiger partial charge in [0.1, 0.15) is 24.2 Å². The molecule has 5 rings (SSSR count). The third-order valence-corrected chi connectivity index (χ3v) is 5.73. The molecule has 0 spiro atoms. The number of benzene rings is 2. The minimum absolute atomic E-state index is 0.0522. The van der Waals surface area contributed by atoms with E-state index in [9.17, 15) is 14.7 Å². The number of aromatic amines is 1. The zero-order chi connectivity index (χ0) is 24.4. The number of aromatic nitrogens is 3. The van der Waals surface area contributed by atoms with Crippen LogP contribution in [0, 0.1) is 11.8 Å². The van der Waals surface area contributed by atoms with E-state index in [1.165, 1.54) is 4.90 Å². The first-order chi connectivity index (χ1) is 16.9. The van der Waals surface area contributed by atoms with Crippen LogP contribution in [0.5, 0.6) is 5.75 Å². The molecule has 0 radical (unpaired) electrons. The van der Waals surface area contributed by atoms with Gasteiger partial charge in [0.2, 0.25) is 5.82 Å². The zero-order valence-corrected chi connectivity index (χ0v) is 18.9. The van der Waals surface area contributed by atoms with Crippen LogP contribution in [0.1, 0.15) is 27.6 Å². The summed E-state index contributed by atoms with van der Waals surface area (Å²) in [6, 6.07) is 13.9. The molecular formula is C25H23N5O5. The van der Waals surface area contributed by atoms with Crippen LogP contribution in [0.2, 0.25) is 0 Å². The number of ether oxygens (including phenoxy) is 2. The summed E-state index contributed by atoms with van der Waals surface area (Å²) in [6.45, 7) is 0.287. The summed E-state index contributed by atoms with van der Waals surface area (Å²) in [5, 5.41) is 19.5. The van der Waals surface area contributed by atoms with Crippen molar-refractivity contribution >= 4 is 17.5 Å². The van der Waals surface area contributed by atoms with Gasteiger partial charge in [-0.3, -0.25) is 14.7 Å². The van der Waals surface area contributed by atoms with Gasteiger partial charge in [-0.25, -0.2) is 4.98 Å². The van der Waals surface area contributed by atoms with Crippen molar-refractivity contribution in [3.05, 3.63) is 71.3 Å². The molecule has 0 aliphatic carbocycles. The van der Waals surface area contributed by atoms with Gasteiger partial charge in [0.15, 0.2) is 5.60 Å². The highest BCUT2D eigenvalue weighted by molar-refractivity contribution is 6.02. The van der Waals surface area contributed by atoms with Crippen molar-refractivity contribution in [2.75, 3.05) is 31.8 Å². The Labute approximate surface area is 201 Å². The fraction of sp³-hybridized carbons (Fsp3) is 0.280. The number of amides is 2. The number of hydrogen-bond donors (Lipinski definition) is 3. The van der Waals surface area contributed by atoms with E-state index in [4.69, 9.17) is 9.47 Å². The van der Waals surface area contributed by atoms with Gasteiger partial charge in [-0.15, -0.1) is 5.10 Å². The van der Waals surface area contributed by atoms with E-state index < -0.39 is 17.6 Å². The maximum absolute atomic E-state index is 13.0. The second kappa shape index (κ2) is 9.21. The Bertz CT molecular complexity index is 1320. The molecule has 1 fully saturated rings. The van der Waals surface area contributed by atoms with Crippen LogP contribution in [-0.4, -0.2) is 70.6 Å². The molecule has 10 nitrogen and oxygen atoms in total. The highest BCUT2D eigenvalue weighted by Crippen LogP contribution is 2.31. The third-order valence-electron chi connectivity index (χ3n) is 5.73. The minimum atomic E-state index is -1.13. The fourth-order valence-electron chi connectivity index (χ4n) is 3.73. The van der Waals surface area contributed by atoms with Crippen LogP contribution >= 0.6 is 0 Å². The summed E-state index contributed by atoms with van der Waals surface area (Å²) >= 11 is 0. The summed E-state index contributed by atoms with van der Waals surface area (Å²) in [7, 11) is 1.61. The third kappa shape index (κ3) is 4.87. The van der Waals surface area contributed by atoms with E-state index in [0.717, 1.165) is 5.56 Å². The summed E-state index contributed by atoms with van der Waals surface area (Å²) in [4.78, 5) is 31.4. The van der Waals surface area contributed by atoms with Crippen molar-refractivity contribution in [2.24, 2.45) is 0 Å². The van der Waals surface area contributed by atoms with E-state index in [2.05, 4.69) is 32.3 Å². The van der Waals surface area contributed by atoms with Crippen molar-refractivity contribution < 1.29 is 24.2 Å². The predicted molar refractivity (Wildman–Crippen MR) is 125 cm³/mol. The smallest absolute Gasteiger partial charge is 0.291 e. The van der Waals surface area contributed by atoms with Gasteiger partial charge in [-0.1, -0.05) is 42.2 Å². The average molecular weight is 473 g/mol. The lowest BCUT2D eigenvalue weighted by Gasteiger charge is -2.30. The van der Waals surface area contributed by atoms with Crippen molar-refractivity contribution in [3.8, 4) is 17.6 Å². The molecule has 10 heteroatoms. The zero-order valence-electron chi connectivity index (χ0n) is 18.9. The Balaban J connectivity index is 1.26. The van der Waals surface area contributed by atoms with Crippen LogP contribution in [-0.2, 0) is 16.0 Å². The second-order valence-corrected chi connectivity index (χ2v) is 8.46. The Kier molecular flexibility index (Phi) is 5.94. The summed E-state index contributed by atoms with van der Waals surface area (Å²) in [5.41, 5.74) is 1.07. The first-order valence-electron chi connectivity index (χ1n) is 11.0. The van der Waals surface area contributed by atoms with E-state index in [-0.39, 0.29) is 31.6 Å². The standard InChI is InChI=1S/C25H23N5O5/c1-30-19-8-7-17(9-10-25(33)14-34-15-25)11-20(19)35-13-18(24(30)32)26-23(31)22-27-21(28-29-22)12-16-5-3-2-4-6-16/h2-8,11,18,33H,12-15H2,1H3,(H,26,31)(H,27,28,29)/t18-/m1/s1. The molecule has 2 aliphatic rings. The highest BCUT2D eigenvalue weighted by atomic mass is 16.5. The van der Waals surface area contributed by atoms with Gasteiger partial charge in [0.05, 0.1) is 18.9 Å². The number of anilines is 1. The number of rotatable bonds is 4. The number of nitrogens with one attached hydrogen (secondary N) is 2. The average Bonchev–Trinajstić information content (AvgIpc) is 3.28. The predicted octanol–water partition coefficient (Wildman–Crippen LogP) is 0.662. The van der Waals surface area contributed by atoms with Crippen molar-refractivity contribution in [2.45, 2.75) is 18.1 Å². The van der Waals surface area contributed by atoms with Crippen LogP contribution in [0.25, 0.3) is 0 Å². The summed E-state index contributed by atoms with van der Waals surface area (Å²) < 4.78 is 10.9. The quantitative estimate of drug-likeness (QED) is 0.475. The van der Waals surface area contributed by atoms with E-state index >= 15 is 0 Å². The number of H-pyrrole nitrogens is 1. The van der Waals surface area contributed by atoms with Gasteiger partial charge in [0, 0.05) is 19.0 Å². The molecule has 2 amide bonds. The molecule has 0 unspecified atom stereocenters. The molecule has 0 saturated carbocycles. The molecule has 3 heterocycles. The first kappa shape index (κ1) is 22.6. The van der Waals surface area contributed by atoms with Crippen molar-refractivity contribution in [1.29, 1.82) is 0 Å². The number of nitrogens with zero attached hydrogens (tertiary/aromatic N) is 3. The van der Waals surface area contributed by atoms with Gasteiger partial charge in [-0.2, -0.15) is 0 Å². The maximum atomic E-state index is 13.0. The second-order valence-electron chi connectivity index (χ2n) is 8.46. The molecule has 35 heavy (non-hydrogen) atoms. The molecule has 3 N–H and O–H groups in total. The Morgan fingerprint density at radius 1 is 1.29 bits per heavy atom. The molecule has 2 aliphatic heterocycles. The molecule has 1 aromatic heterocycles. The van der Waals surface area contributed by atoms with Gasteiger partial charge < -0.3 is 24.8 Å². The first-order valence-corrected chi connectivity index (χ1v) is 11.0. The SMILES string of the molecule is CN1C(=O)[C@H](NC(=O)c2n[nH]c(Cc3ccccc3)n2)COc2cc(C#CC3(O)COC3)ccc21. The summed E-state index contributed by atoms with van der Waals surface area (Å²) in [5.74, 6) is 5.73. The Morgan fingerprint density at radius 3 is 2.83 bits per heavy atom. The number of aliphatic hydroxyl groups is 1. The van der Waals surface area contributed by atoms with Gasteiger partial charge in [0.25, 0.3) is 11.8 Å². The largest absolute Gasteiger partial charge is 0.489 e. The van der Waals surface area contributed by atoms with E-state index in [1.54, 1.807) is 25.2 Å². The van der Waals surface area contributed by atoms with E-state index in [1.807, 2.05) is 30.3 Å². The Morgan fingerprint density at radius 2 is 2.09 bits per heavy atom. The monoisotopic (exact) mass is 473 g/mol. The number of likely N-dealkylation sites (N-methyl/N-ethyl adjacent to an activating group) is 1. The lowest BCUT2D eigenvalue weighted by Crippen LogP contribution is -2.49. The molecule has 3 aromatic rings. The van der Waals surface area contributed by atoms with Crippen molar-refractivity contribution in [1.82, 2.24) is 20.5 Å². The van der Waals surface area contributed by atoms with Crippen LogP contribution < -0.4 is 15.0 Å². The van der Waals surface area contributed by atoms with Gasteiger partial charge >= 0.3 is 0 Å². The molecule has 1 saturated heterocycles. The molecule has 0 bridgehead atoms. The van der Waals surface area contributed by atoms with Crippen LogP contribution in [0.3, 0.4) is 0 Å². The minimum Gasteiger partial charge on any atom is -0.489 e. The van der Waals surface area contributed by atoms with Crippen LogP contribution in [0.15, 0.2) is 48.5 Å². The Hall–Kier alpha value is -4.20. The highest BCUT2D eigenvalue weighted by Gasteiger charge is 2.34. The summed E-state index contributed by atoms with van der Waals surface area (Å²) in [6.07, 6.45) is 0.500.